The van der Waals surface area contributed by atoms with Gasteiger partial charge in [0.15, 0.2) is 0 Å². The van der Waals surface area contributed by atoms with E-state index in [0.717, 1.165) is 12.8 Å². The molecule has 6 heterocycles. The molecule has 14 heteroatoms. The fourth-order valence-corrected chi connectivity index (χ4v) is 8.84. The maximum atomic E-state index is 14.6. The second-order valence-electron chi connectivity index (χ2n) is 16.7. The molecule has 2 fully saturated rings. The van der Waals surface area contributed by atoms with Gasteiger partial charge < -0.3 is 20.6 Å². The molecule has 0 saturated carbocycles. The molecule has 0 aliphatic carbocycles. The zero-order valence-corrected chi connectivity index (χ0v) is 35.1. The number of rotatable bonds is 12. The van der Waals surface area contributed by atoms with E-state index in [4.69, 9.17) is 0 Å². The molecule has 316 valence electrons. The first-order valence-corrected chi connectivity index (χ1v) is 21.1. The second kappa shape index (κ2) is 17.7. The van der Waals surface area contributed by atoms with Gasteiger partial charge in [-0.1, -0.05) is 39.8 Å². The lowest BCUT2D eigenvalue weighted by molar-refractivity contribution is -0.123. The first kappa shape index (κ1) is 42.2. The van der Waals surface area contributed by atoms with Crippen molar-refractivity contribution in [3.8, 4) is 22.5 Å². The molecule has 4 atom stereocenters. The van der Waals surface area contributed by atoms with Gasteiger partial charge in [-0.2, -0.15) is 10.2 Å². The van der Waals surface area contributed by atoms with Crippen LogP contribution in [-0.4, -0.2) is 54.4 Å². The van der Waals surface area contributed by atoms with Crippen molar-refractivity contribution < 1.29 is 18.4 Å². The summed E-state index contributed by atoms with van der Waals surface area (Å²) < 4.78 is 32.6. The number of nitrogens with one attached hydrogen (secondary N) is 4. The highest BCUT2D eigenvalue weighted by atomic mass is 19.1. The minimum atomic E-state index is -0.362. The van der Waals surface area contributed by atoms with Crippen LogP contribution in [0.4, 0.5) is 8.78 Å². The van der Waals surface area contributed by atoms with Crippen LogP contribution in [0.5, 0.6) is 0 Å². The summed E-state index contributed by atoms with van der Waals surface area (Å²) in [5, 5.41) is 15.1. The van der Waals surface area contributed by atoms with Crippen LogP contribution >= 0.6 is 0 Å². The van der Waals surface area contributed by atoms with Gasteiger partial charge in [0.1, 0.15) is 11.6 Å². The van der Waals surface area contributed by atoms with Gasteiger partial charge in [0, 0.05) is 71.7 Å². The number of pyridine rings is 2. The Morgan fingerprint density at radius 1 is 0.633 bits per heavy atom. The Hall–Kier alpha value is -5.92. The molecule has 6 aromatic rings. The van der Waals surface area contributed by atoms with Crippen molar-refractivity contribution in [3.05, 3.63) is 104 Å². The van der Waals surface area contributed by atoms with Gasteiger partial charge in [0.25, 0.3) is 11.1 Å². The Kier molecular flexibility index (Phi) is 12.5. The van der Waals surface area contributed by atoms with Crippen molar-refractivity contribution in [3.63, 3.8) is 0 Å². The van der Waals surface area contributed by atoms with Crippen molar-refractivity contribution in [2.45, 2.75) is 92.2 Å². The number of aryl methyl sites for hydroxylation is 2. The quantitative estimate of drug-likeness (QED) is 0.0994. The van der Waals surface area contributed by atoms with E-state index in [2.05, 4.69) is 58.5 Å². The number of benzene rings is 2. The van der Waals surface area contributed by atoms with E-state index in [0.29, 0.717) is 94.5 Å². The molecule has 4 aromatic heterocycles. The molecule has 4 N–H and O–H groups in total. The first-order chi connectivity index (χ1) is 28.8. The second-order valence-corrected chi connectivity index (χ2v) is 16.7. The van der Waals surface area contributed by atoms with Gasteiger partial charge in [-0.25, -0.2) is 8.78 Å². The van der Waals surface area contributed by atoms with Crippen LogP contribution in [0.15, 0.2) is 70.5 Å². The normalized spacial score (nSPS) is 17.6. The van der Waals surface area contributed by atoms with E-state index >= 15 is 0 Å². The van der Waals surface area contributed by atoms with Gasteiger partial charge in [0.05, 0.1) is 34.2 Å². The SMILES string of the molecule is CCn1ncc2c(F)cc(-c3ccc([C@@H](C[C@@H]4CCNC4=O)C(C)C)c(=O)[nH]3)cc21.CCn1ncc2c(F)cc(-c3ccc([C@@H](C[C@H]4CCNC4=O)C(C)C)c(=O)[nH]3)cc21. The molecule has 0 unspecified atom stereocenters. The maximum Gasteiger partial charge on any atom is 0.251 e. The monoisotopic (exact) mass is 820 g/mol. The van der Waals surface area contributed by atoms with E-state index in [-0.39, 0.29) is 70.1 Å². The Bertz CT molecular complexity index is 2480. The van der Waals surface area contributed by atoms with Crippen LogP contribution in [0, 0.1) is 35.3 Å². The molecule has 0 spiro atoms. The highest BCUT2D eigenvalue weighted by Crippen LogP contribution is 2.35. The number of aromatic amines is 2. The summed E-state index contributed by atoms with van der Waals surface area (Å²) in [5.74, 6) is -0.274. The molecular weight excluding hydrogens is 767 g/mol. The average Bonchev–Trinajstić information content (AvgIpc) is 4.03. The average molecular weight is 821 g/mol. The molecule has 2 aromatic carbocycles. The lowest BCUT2D eigenvalue weighted by Crippen LogP contribution is -2.25. The van der Waals surface area contributed by atoms with Crippen LogP contribution in [0.25, 0.3) is 44.3 Å². The molecule has 2 aliphatic heterocycles. The lowest BCUT2D eigenvalue weighted by Gasteiger charge is -2.23. The standard InChI is InChI=1S/2C23H27FN4O2/c2*1-4-28-21-11-15(10-19(24)18(21)12-26-28)20-6-5-16(23(30)27-20)17(13(2)3)9-14-7-8-25-22(14)29/h2*5-6,10-14,17H,4,7-9H2,1-3H3,(H,25,29)(H,27,30)/t14-,17+;14-,17-/m10/s1. The van der Waals surface area contributed by atoms with Crippen LogP contribution < -0.4 is 21.8 Å². The number of hydrogen-bond donors (Lipinski definition) is 4. The summed E-state index contributed by atoms with van der Waals surface area (Å²) in [6, 6.07) is 13.9. The topological polar surface area (TPSA) is 160 Å². The number of nitrogens with zero attached hydrogens (tertiary/aromatic N) is 4. The maximum absolute atomic E-state index is 14.6. The van der Waals surface area contributed by atoms with E-state index in [1.54, 1.807) is 9.36 Å². The van der Waals surface area contributed by atoms with E-state index in [1.165, 1.54) is 24.5 Å². The number of carbonyl (C=O) groups excluding carboxylic acids is 2. The summed E-state index contributed by atoms with van der Waals surface area (Å²) in [7, 11) is 0. The summed E-state index contributed by atoms with van der Waals surface area (Å²) in [5.41, 5.74) is 4.72. The van der Waals surface area contributed by atoms with Crippen molar-refractivity contribution in [1.82, 2.24) is 40.2 Å². The minimum absolute atomic E-state index is 0.0163. The Balaban J connectivity index is 0.000000181. The van der Waals surface area contributed by atoms with E-state index in [1.807, 2.05) is 50.2 Å². The third kappa shape index (κ3) is 8.55. The smallest absolute Gasteiger partial charge is 0.251 e. The van der Waals surface area contributed by atoms with Crippen LogP contribution in [0.3, 0.4) is 0 Å². The number of aromatic nitrogens is 6. The molecule has 2 saturated heterocycles. The number of fused-ring (bicyclic) bond motifs is 2. The Labute approximate surface area is 347 Å². The van der Waals surface area contributed by atoms with E-state index in [9.17, 15) is 28.0 Å². The van der Waals surface area contributed by atoms with Gasteiger partial charge >= 0.3 is 0 Å². The summed E-state index contributed by atoms with van der Waals surface area (Å²) in [4.78, 5) is 55.8. The van der Waals surface area contributed by atoms with Crippen molar-refractivity contribution >= 4 is 33.6 Å². The van der Waals surface area contributed by atoms with Gasteiger partial charge in [-0.05, 0) is 99.6 Å². The molecule has 2 amide bonds. The highest BCUT2D eigenvalue weighted by molar-refractivity contribution is 5.85. The van der Waals surface area contributed by atoms with Gasteiger partial charge in [-0.15, -0.1) is 0 Å². The summed E-state index contributed by atoms with van der Waals surface area (Å²) in [6.45, 7) is 14.8. The Morgan fingerprint density at radius 2 is 1.03 bits per heavy atom. The first-order valence-electron chi connectivity index (χ1n) is 21.1. The van der Waals surface area contributed by atoms with E-state index < -0.39 is 0 Å². The fourth-order valence-electron chi connectivity index (χ4n) is 8.84. The third-order valence-corrected chi connectivity index (χ3v) is 12.3. The number of amides is 2. The molecule has 8 rings (SSSR count). The van der Waals surface area contributed by atoms with Crippen LogP contribution in [0.2, 0.25) is 0 Å². The van der Waals surface area contributed by atoms with Crippen LogP contribution in [-0.2, 0) is 22.7 Å². The molecule has 12 nitrogen and oxygen atoms in total. The number of carbonyl (C=O) groups is 2. The lowest BCUT2D eigenvalue weighted by atomic mass is 9.81. The largest absolute Gasteiger partial charge is 0.356 e. The zero-order valence-electron chi connectivity index (χ0n) is 35.1. The molecule has 2 aliphatic rings. The zero-order chi connectivity index (χ0) is 42.8. The molecule has 0 bridgehead atoms. The summed E-state index contributed by atoms with van der Waals surface area (Å²) in [6.07, 6.45) is 5.97. The minimum Gasteiger partial charge on any atom is -0.356 e. The summed E-state index contributed by atoms with van der Waals surface area (Å²) >= 11 is 0. The van der Waals surface area contributed by atoms with Gasteiger partial charge in [0.2, 0.25) is 11.8 Å². The van der Waals surface area contributed by atoms with Crippen molar-refractivity contribution in [2.24, 2.45) is 23.7 Å². The predicted molar refractivity (Wildman–Crippen MR) is 229 cm³/mol. The Morgan fingerprint density at radius 3 is 1.35 bits per heavy atom. The predicted octanol–water partition coefficient (Wildman–Crippen LogP) is 7.63. The van der Waals surface area contributed by atoms with Gasteiger partial charge in [-0.3, -0.25) is 28.5 Å². The molecule has 0 radical (unpaired) electrons. The molecular formula is C46H54F2N8O4. The number of H-pyrrole nitrogens is 2. The van der Waals surface area contributed by atoms with Crippen molar-refractivity contribution in [1.29, 1.82) is 0 Å². The number of hydrogen-bond acceptors (Lipinski definition) is 6. The highest BCUT2D eigenvalue weighted by Gasteiger charge is 2.32. The number of halogens is 2. The van der Waals surface area contributed by atoms with Crippen molar-refractivity contribution in [2.75, 3.05) is 13.1 Å². The fraction of sp³-hybridized carbons (Fsp3) is 0.435. The third-order valence-electron chi connectivity index (χ3n) is 12.3. The van der Waals surface area contributed by atoms with Crippen LogP contribution in [0.1, 0.15) is 90.2 Å². The molecule has 60 heavy (non-hydrogen) atoms.